The maximum absolute atomic E-state index is 5.78. The van der Waals surface area contributed by atoms with E-state index in [-0.39, 0.29) is 6.23 Å². The van der Waals surface area contributed by atoms with Crippen molar-refractivity contribution in [3.8, 4) is 0 Å². The van der Waals surface area contributed by atoms with Crippen molar-refractivity contribution in [2.24, 2.45) is 0 Å². The summed E-state index contributed by atoms with van der Waals surface area (Å²) in [5.41, 5.74) is 2.45. The Kier molecular flexibility index (Phi) is 3.16. The third kappa shape index (κ3) is 2.11. The largest absolute Gasteiger partial charge is 0.356 e. The van der Waals surface area contributed by atoms with Crippen LogP contribution in [0.4, 0.5) is 0 Å². The van der Waals surface area contributed by atoms with E-state index in [1.54, 1.807) is 0 Å². The average molecular weight is 295 g/mol. The molecule has 0 unspecified atom stereocenters. The third-order valence-corrected chi connectivity index (χ3v) is 3.89. The van der Waals surface area contributed by atoms with Crippen LogP contribution in [0.5, 0.6) is 0 Å². The van der Waals surface area contributed by atoms with E-state index in [1.165, 1.54) is 29.3 Å². The fourth-order valence-corrected chi connectivity index (χ4v) is 2.68. The highest BCUT2D eigenvalue weighted by atomic mass is 79.9. The zero-order valence-electron chi connectivity index (χ0n) is 9.60. The molecule has 0 radical (unpaired) electrons. The maximum Gasteiger partial charge on any atom is 0.150 e. The molecule has 0 N–H and O–H groups in total. The highest BCUT2D eigenvalue weighted by molar-refractivity contribution is 9.08. The molecule has 1 aromatic heterocycles. The minimum atomic E-state index is 0.121. The molecule has 1 aliphatic rings. The van der Waals surface area contributed by atoms with Gasteiger partial charge < -0.3 is 4.74 Å². The van der Waals surface area contributed by atoms with Gasteiger partial charge in [-0.1, -0.05) is 22.0 Å². The molecule has 2 heterocycles. The van der Waals surface area contributed by atoms with Gasteiger partial charge in [-0.05, 0) is 37.0 Å². The number of aromatic nitrogens is 2. The van der Waals surface area contributed by atoms with Crippen LogP contribution in [0.25, 0.3) is 10.9 Å². The quantitative estimate of drug-likeness (QED) is 0.791. The smallest absolute Gasteiger partial charge is 0.150 e. The summed E-state index contributed by atoms with van der Waals surface area (Å²) in [4.78, 5) is 0. The first-order valence-corrected chi connectivity index (χ1v) is 7.14. The Labute approximate surface area is 109 Å². The summed E-state index contributed by atoms with van der Waals surface area (Å²) in [6, 6.07) is 6.45. The summed E-state index contributed by atoms with van der Waals surface area (Å²) in [5, 5.41) is 6.54. The predicted octanol–water partition coefficient (Wildman–Crippen LogP) is 3.63. The van der Waals surface area contributed by atoms with E-state index in [1.807, 2.05) is 10.9 Å². The standard InChI is InChI=1S/C13H15BrN2O/c14-8-10-4-5-12-11(7-10)9-15-16(12)13-3-1-2-6-17-13/h4-5,7,9,13H,1-3,6,8H2/t13-/m1/s1. The molecule has 1 aromatic carbocycles. The van der Waals surface area contributed by atoms with Gasteiger partial charge in [-0.25, -0.2) is 4.68 Å². The van der Waals surface area contributed by atoms with Crippen molar-refractivity contribution in [3.63, 3.8) is 0 Å². The first-order valence-electron chi connectivity index (χ1n) is 6.02. The van der Waals surface area contributed by atoms with Gasteiger partial charge in [0.2, 0.25) is 0 Å². The zero-order chi connectivity index (χ0) is 11.7. The number of alkyl halides is 1. The predicted molar refractivity (Wildman–Crippen MR) is 71.2 cm³/mol. The van der Waals surface area contributed by atoms with Crippen molar-refractivity contribution in [3.05, 3.63) is 30.0 Å². The number of benzene rings is 1. The van der Waals surface area contributed by atoms with Crippen molar-refractivity contribution in [2.45, 2.75) is 30.8 Å². The van der Waals surface area contributed by atoms with E-state index in [0.717, 1.165) is 18.4 Å². The van der Waals surface area contributed by atoms with Crippen LogP contribution >= 0.6 is 15.9 Å². The van der Waals surface area contributed by atoms with Crippen LogP contribution in [0.2, 0.25) is 0 Å². The lowest BCUT2D eigenvalue weighted by Gasteiger charge is -2.23. The number of rotatable bonds is 2. The molecule has 4 heteroatoms. The van der Waals surface area contributed by atoms with Crippen molar-refractivity contribution in [2.75, 3.05) is 6.61 Å². The van der Waals surface area contributed by atoms with E-state index in [4.69, 9.17) is 4.74 Å². The zero-order valence-corrected chi connectivity index (χ0v) is 11.2. The lowest BCUT2D eigenvalue weighted by molar-refractivity contribution is -0.0366. The molecule has 0 amide bonds. The van der Waals surface area contributed by atoms with Crippen molar-refractivity contribution >= 4 is 26.8 Å². The summed E-state index contributed by atoms with van der Waals surface area (Å²) < 4.78 is 7.80. The second-order valence-electron chi connectivity index (χ2n) is 4.44. The van der Waals surface area contributed by atoms with E-state index < -0.39 is 0 Å². The normalized spacial score (nSPS) is 20.9. The number of hydrogen-bond acceptors (Lipinski definition) is 2. The van der Waals surface area contributed by atoms with Gasteiger partial charge in [0.1, 0.15) is 0 Å². The Morgan fingerprint density at radius 1 is 1.41 bits per heavy atom. The molecule has 1 aliphatic heterocycles. The minimum absolute atomic E-state index is 0.121. The maximum atomic E-state index is 5.78. The molecular formula is C13H15BrN2O. The molecular weight excluding hydrogens is 280 g/mol. The fourth-order valence-electron chi connectivity index (χ4n) is 2.33. The highest BCUT2D eigenvalue weighted by Gasteiger charge is 2.18. The van der Waals surface area contributed by atoms with E-state index in [2.05, 4.69) is 39.2 Å². The van der Waals surface area contributed by atoms with Crippen LogP contribution < -0.4 is 0 Å². The summed E-state index contributed by atoms with van der Waals surface area (Å²) in [6.07, 6.45) is 5.52. The molecule has 1 atom stereocenters. The van der Waals surface area contributed by atoms with Crippen LogP contribution in [-0.4, -0.2) is 16.4 Å². The molecule has 1 fully saturated rings. The highest BCUT2D eigenvalue weighted by Crippen LogP contribution is 2.26. The average Bonchev–Trinajstić information content (AvgIpc) is 2.82. The molecule has 0 aliphatic carbocycles. The molecule has 1 saturated heterocycles. The lowest BCUT2D eigenvalue weighted by atomic mass is 10.1. The van der Waals surface area contributed by atoms with Gasteiger partial charge in [-0.15, -0.1) is 0 Å². The van der Waals surface area contributed by atoms with Crippen LogP contribution in [0.3, 0.4) is 0 Å². The molecule has 3 rings (SSSR count). The van der Waals surface area contributed by atoms with Crippen molar-refractivity contribution in [1.82, 2.24) is 9.78 Å². The van der Waals surface area contributed by atoms with Crippen LogP contribution in [0.15, 0.2) is 24.4 Å². The van der Waals surface area contributed by atoms with Gasteiger partial charge in [0.25, 0.3) is 0 Å². The van der Waals surface area contributed by atoms with Gasteiger partial charge in [0.15, 0.2) is 6.23 Å². The Balaban J connectivity index is 1.99. The topological polar surface area (TPSA) is 27.1 Å². The minimum Gasteiger partial charge on any atom is -0.356 e. The Bertz CT molecular complexity index is 517. The van der Waals surface area contributed by atoms with E-state index in [0.29, 0.717) is 0 Å². The summed E-state index contributed by atoms with van der Waals surface area (Å²) in [7, 11) is 0. The SMILES string of the molecule is BrCc1ccc2c(cnn2[C@H]2CCCCO2)c1. The third-order valence-electron chi connectivity index (χ3n) is 3.24. The number of fused-ring (bicyclic) bond motifs is 1. The van der Waals surface area contributed by atoms with Gasteiger partial charge in [0, 0.05) is 17.3 Å². The molecule has 17 heavy (non-hydrogen) atoms. The second kappa shape index (κ2) is 4.78. The van der Waals surface area contributed by atoms with Gasteiger partial charge in [-0.2, -0.15) is 5.10 Å². The first-order chi connectivity index (χ1) is 8.38. The fraction of sp³-hybridized carbons (Fsp3) is 0.462. The molecule has 0 spiro atoms. The summed E-state index contributed by atoms with van der Waals surface area (Å²) >= 11 is 3.47. The van der Waals surface area contributed by atoms with Gasteiger partial charge >= 0.3 is 0 Å². The molecule has 0 saturated carbocycles. The second-order valence-corrected chi connectivity index (χ2v) is 5.00. The van der Waals surface area contributed by atoms with Crippen LogP contribution in [-0.2, 0) is 10.1 Å². The lowest BCUT2D eigenvalue weighted by Crippen LogP contribution is -2.18. The summed E-state index contributed by atoms with van der Waals surface area (Å²) in [5.74, 6) is 0. The number of ether oxygens (including phenoxy) is 1. The first kappa shape index (κ1) is 11.2. The molecule has 90 valence electrons. The van der Waals surface area contributed by atoms with Crippen LogP contribution in [0.1, 0.15) is 31.1 Å². The number of halogens is 1. The van der Waals surface area contributed by atoms with Gasteiger partial charge in [-0.3, -0.25) is 0 Å². The van der Waals surface area contributed by atoms with Crippen molar-refractivity contribution in [1.29, 1.82) is 0 Å². The molecule has 0 bridgehead atoms. The molecule has 3 nitrogen and oxygen atoms in total. The van der Waals surface area contributed by atoms with E-state index >= 15 is 0 Å². The number of nitrogens with zero attached hydrogens (tertiary/aromatic N) is 2. The summed E-state index contributed by atoms with van der Waals surface area (Å²) in [6.45, 7) is 0.853. The van der Waals surface area contributed by atoms with Crippen LogP contribution in [0, 0.1) is 0 Å². The Hall–Kier alpha value is -0.870. The Morgan fingerprint density at radius 3 is 3.12 bits per heavy atom. The van der Waals surface area contributed by atoms with Gasteiger partial charge in [0.05, 0.1) is 11.7 Å². The van der Waals surface area contributed by atoms with Crippen molar-refractivity contribution < 1.29 is 4.74 Å². The molecule has 2 aromatic rings. The Morgan fingerprint density at radius 2 is 2.35 bits per heavy atom. The monoisotopic (exact) mass is 294 g/mol. The van der Waals surface area contributed by atoms with E-state index in [9.17, 15) is 0 Å². The number of hydrogen-bond donors (Lipinski definition) is 0.